The number of nitrogens with one attached hydrogen (secondary N) is 2. The van der Waals surface area contributed by atoms with Crippen LogP contribution in [0.15, 0.2) is 35.3 Å². The number of nitrogens with zero attached hydrogens (tertiary/aromatic N) is 3. The molecular formula is C20H25N5O2. The molecule has 3 rings (SSSR count). The third-order valence-corrected chi connectivity index (χ3v) is 4.43. The first-order valence-electron chi connectivity index (χ1n) is 9.31. The minimum atomic E-state index is -0.328. The second-order valence-corrected chi connectivity index (χ2v) is 7.10. The highest BCUT2D eigenvalue weighted by Crippen LogP contribution is 2.12. The summed E-state index contributed by atoms with van der Waals surface area (Å²) in [4.78, 5) is 30.2. The lowest BCUT2D eigenvalue weighted by molar-refractivity contribution is 0.0950. The Bertz CT molecular complexity index is 1110. The molecule has 7 nitrogen and oxygen atoms in total. The van der Waals surface area contributed by atoms with Gasteiger partial charge >= 0.3 is 0 Å². The number of rotatable bonds is 6. The second-order valence-electron chi connectivity index (χ2n) is 7.10. The molecule has 0 atom stereocenters. The summed E-state index contributed by atoms with van der Waals surface area (Å²) >= 11 is 0. The van der Waals surface area contributed by atoms with Crippen molar-refractivity contribution in [1.29, 1.82) is 5.41 Å². The van der Waals surface area contributed by atoms with Gasteiger partial charge in [-0.05, 0) is 30.5 Å². The molecule has 27 heavy (non-hydrogen) atoms. The average molecular weight is 367 g/mol. The van der Waals surface area contributed by atoms with Crippen molar-refractivity contribution in [2.75, 3.05) is 6.54 Å². The number of hydrogen-bond acceptors (Lipinski definition) is 4. The van der Waals surface area contributed by atoms with Gasteiger partial charge in [0.2, 0.25) is 0 Å². The van der Waals surface area contributed by atoms with Crippen LogP contribution in [0.5, 0.6) is 0 Å². The molecule has 0 aliphatic heterocycles. The van der Waals surface area contributed by atoms with E-state index in [1.807, 2.05) is 26.8 Å². The van der Waals surface area contributed by atoms with Crippen molar-refractivity contribution in [3.63, 3.8) is 0 Å². The van der Waals surface area contributed by atoms with E-state index >= 15 is 0 Å². The van der Waals surface area contributed by atoms with Crippen LogP contribution in [0.4, 0.5) is 0 Å². The van der Waals surface area contributed by atoms with Crippen LogP contribution in [0.25, 0.3) is 16.7 Å². The van der Waals surface area contributed by atoms with Crippen LogP contribution in [-0.4, -0.2) is 26.4 Å². The molecule has 142 valence electrons. The molecule has 0 saturated carbocycles. The number of hydrogen-bond donors (Lipinski definition) is 2. The number of carbonyl (C=O) groups is 1. The maximum absolute atomic E-state index is 13.0. The van der Waals surface area contributed by atoms with E-state index in [0.717, 1.165) is 12.8 Å². The Labute approximate surface area is 157 Å². The predicted molar refractivity (Wildman–Crippen MR) is 105 cm³/mol. The Morgan fingerprint density at radius 1 is 1.33 bits per heavy atom. The first-order valence-corrected chi connectivity index (χ1v) is 9.31. The van der Waals surface area contributed by atoms with E-state index in [-0.39, 0.29) is 28.4 Å². The number of unbranched alkanes of at least 4 members (excludes halogenated alkanes) is 1. The highest BCUT2D eigenvalue weighted by Gasteiger charge is 2.17. The van der Waals surface area contributed by atoms with Crippen LogP contribution in [0.3, 0.4) is 0 Å². The molecule has 3 aromatic heterocycles. The Kier molecular flexibility index (Phi) is 5.39. The summed E-state index contributed by atoms with van der Waals surface area (Å²) in [5.74, 6) is -0.0952. The molecule has 0 aromatic carbocycles. The lowest BCUT2D eigenvalue weighted by Crippen LogP contribution is -2.36. The van der Waals surface area contributed by atoms with Gasteiger partial charge in [-0.25, -0.2) is 4.98 Å². The van der Waals surface area contributed by atoms with Gasteiger partial charge in [0.15, 0.2) is 0 Å². The van der Waals surface area contributed by atoms with Crippen molar-refractivity contribution in [3.8, 4) is 0 Å². The van der Waals surface area contributed by atoms with Crippen LogP contribution in [0, 0.1) is 11.3 Å². The molecule has 0 unspecified atom stereocenters. The fourth-order valence-electron chi connectivity index (χ4n) is 3.08. The van der Waals surface area contributed by atoms with Crippen molar-refractivity contribution in [2.45, 2.75) is 40.2 Å². The minimum absolute atomic E-state index is 0.0809. The van der Waals surface area contributed by atoms with Crippen molar-refractivity contribution in [1.82, 2.24) is 19.3 Å². The summed E-state index contributed by atoms with van der Waals surface area (Å²) in [7, 11) is 0. The van der Waals surface area contributed by atoms with Gasteiger partial charge in [0.05, 0.1) is 10.9 Å². The van der Waals surface area contributed by atoms with Crippen molar-refractivity contribution >= 4 is 22.6 Å². The Morgan fingerprint density at radius 3 is 2.81 bits per heavy atom. The maximum Gasteiger partial charge on any atom is 0.267 e. The Hall–Kier alpha value is -2.96. The third kappa shape index (κ3) is 3.63. The highest BCUT2D eigenvalue weighted by molar-refractivity contribution is 5.96. The Morgan fingerprint density at radius 2 is 2.11 bits per heavy atom. The van der Waals surface area contributed by atoms with E-state index in [9.17, 15) is 9.59 Å². The molecule has 0 aliphatic rings. The van der Waals surface area contributed by atoms with Gasteiger partial charge in [0, 0.05) is 19.3 Å². The highest BCUT2D eigenvalue weighted by atomic mass is 16.1. The zero-order valence-corrected chi connectivity index (χ0v) is 16.0. The fourth-order valence-corrected chi connectivity index (χ4v) is 3.08. The topological polar surface area (TPSA) is 92.2 Å². The van der Waals surface area contributed by atoms with E-state index in [2.05, 4.69) is 10.3 Å². The molecule has 3 heterocycles. The monoisotopic (exact) mass is 367 g/mol. The molecule has 0 saturated heterocycles. The fraction of sp³-hybridized carbons (Fsp3) is 0.400. The molecule has 7 heteroatoms. The SMILES string of the molecule is CCCCNC(=O)c1cc2c(=O)n3ccccc3nc2n(CC(C)C)c1=N. The molecule has 0 radical (unpaired) electrons. The van der Waals surface area contributed by atoms with Crippen molar-refractivity contribution < 1.29 is 4.79 Å². The normalized spacial score (nSPS) is 11.4. The first-order chi connectivity index (χ1) is 12.9. The van der Waals surface area contributed by atoms with Gasteiger partial charge in [-0.3, -0.25) is 19.4 Å². The van der Waals surface area contributed by atoms with E-state index in [4.69, 9.17) is 5.41 Å². The molecular weight excluding hydrogens is 342 g/mol. The minimum Gasteiger partial charge on any atom is -0.352 e. The van der Waals surface area contributed by atoms with E-state index in [1.54, 1.807) is 22.9 Å². The quantitative estimate of drug-likeness (QED) is 0.517. The van der Waals surface area contributed by atoms with Crippen molar-refractivity contribution in [3.05, 3.63) is 51.9 Å². The van der Waals surface area contributed by atoms with Gasteiger partial charge in [-0.15, -0.1) is 0 Å². The van der Waals surface area contributed by atoms with Gasteiger partial charge in [0.1, 0.15) is 16.8 Å². The lowest BCUT2D eigenvalue weighted by Gasteiger charge is -2.16. The summed E-state index contributed by atoms with van der Waals surface area (Å²) < 4.78 is 3.13. The molecule has 3 aromatic rings. The molecule has 1 amide bonds. The molecule has 0 fully saturated rings. The van der Waals surface area contributed by atoms with E-state index < -0.39 is 0 Å². The van der Waals surface area contributed by atoms with E-state index in [0.29, 0.717) is 29.8 Å². The summed E-state index contributed by atoms with van der Waals surface area (Å²) in [5, 5.41) is 11.7. The summed E-state index contributed by atoms with van der Waals surface area (Å²) in [5.41, 5.74) is 1.00. The number of fused-ring (bicyclic) bond motifs is 2. The predicted octanol–water partition coefficient (Wildman–Crippen LogP) is 2.31. The van der Waals surface area contributed by atoms with Gasteiger partial charge < -0.3 is 9.88 Å². The van der Waals surface area contributed by atoms with Crippen LogP contribution in [-0.2, 0) is 6.54 Å². The molecule has 0 spiro atoms. The van der Waals surface area contributed by atoms with Crippen LogP contribution < -0.4 is 16.4 Å². The van der Waals surface area contributed by atoms with Crippen molar-refractivity contribution in [2.24, 2.45) is 5.92 Å². The van der Waals surface area contributed by atoms with Crippen LogP contribution in [0.2, 0.25) is 0 Å². The summed E-state index contributed by atoms with van der Waals surface area (Å²) in [6.45, 7) is 7.15. The molecule has 2 N–H and O–H groups in total. The second kappa shape index (κ2) is 7.73. The number of amides is 1. The molecule has 0 aliphatic carbocycles. The number of aromatic nitrogens is 3. The summed E-state index contributed by atoms with van der Waals surface area (Å²) in [6, 6.07) is 6.85. The number of carbonyl (C=O) groups excluding carboxylic acids is 1. The standard InChI is InChI=1S/C20H25N5O2/c1-4-5-9-22-19(26)14-11-15-18(25(17(14)21)12-13(2)3)23-16-8-6-7-10-24(16)20(15)27/h6-8,10-11,13,21H,4-5,9,12H2,1-3H3,(H,22,26). The molecule has 0 bridgehead atoms. The zero-order chi connectivity index (χ0) is 19.6. The maximum atomic E-state index is 13.0. The number of pyridine rings is 2. The van der Waals surface area contributed by atoms with Gasteiger partial charge in [-0.1, -0.05) is 33.3 Å². The van der Waals surface area contributed by atoms with Crippen LogP contribution in [0.1, 0.15) is 44.0 Å². The van der Waals surface area contributed by atoms with Crippen LogP contribution >= 0.6 is 0 Å². The van der Waals surface area contributed by atoms with E-state index in [1.165, 1.54) is 10.5 Å². The lowest BCUT2D eigenvalue weighted by atomic mass is 10.1. The average Bonchev–Trinajstić information content (AvgIpc) is 2.64. The largest absolute Gasteiger partial charge is 0.352 e. The van der Waals surface area contributed by atoms with Gasteiger partial charge in [0.25, 0.3) is 11.5 Å². The van der Waals surface area contributed by atoms with Gasteiger partial charge in [-0.2, -0.15) is 0 Å². The first kappa shape index (κ1) is 18.8. The smallest absolute Gasteiger partial charge is 0.267 e. The Balaban J connectivity index is 2.29. The zero-order valence-electron chi connectivity index (χ0n) is 16.0. The summed E-state index contributed by atoms with van der Waals surface area (Å²) in [6.07, 6.45) is 3.50. The third-order valence-electron chi connectivity index (χ3n) is 4.43.